The van der Waals surface area contributed by atoms with Gasteiger partial charge < -0.3 is 4.42 Å². The fourth-order valence-electron chi connectivity index (χ4n) is 1.69. The van der Waals surface area contributed by atoms with Crippen molar-refractivity contribution in [1.29, 1.82) is 0 Å². The zero-order valence-corrected chi connectivity index (χ0v) is 9.13. The van der Waals surface area contributed by atoms with Gasteiger partial charge in [0.15, 0.2) is 0 Å². The summed E-state index contributed by atoms with van der Waals surface area (Å²) in [7, 11) is 0. The first-order valence-electron chi connectivity index (χ1n) is 5.25. The van der Waals surface area contributed by atoms with E-state index in [0.717, 1.165) is 0 Å². The maximum Gasteiger partial charge on any atom is 0.350 e. The summed E-state index contributed by atoms with van der Waals surface area (Å²) in [5, 5.41) is -0.134. The third-order valence-electron chi connectivity index (χ3n) is 2.52. The number of aromatic nitrogens is 2. The molecule has 18 heavy (non-hydrogen) atoms. The molecule has 0 aliphatic carbocycles. The molecule has 0 fully saturated rings. The lowest BCUT2D eigenvalue weighted by atomic mass is 10.2. The number of hydrogen-bond donors (Lipinski definition) is 0. The highest BCUT2D eigenvalue weighted by molar-refractivity contribution is 5.79. The molecule has 3 rings (SSSR count). The second-order valence-electron chi connectivity index (χ2n) is 3.68. The minimum atomic E-state index is -0.739. The Morgan fingerprint density at radius 1 is 1.17 bits per heavy atom. The molecule has 0 radical (unpaired) electrons. The third-order valence-corrected chi connectivity index (χ3v) is 2.52. The molecule has 0 saturated heterocycles. The van der Waals surface area contributed by atoms with Crippen molar-refractivity contribution in [3.05, 3.63) is 59.0 Å². The molecule has 5 heteroatoms. The van der Waals surface area contributed by atoms with Gasteiger partial charge in [-0.1, -0.05) is 6.07 Å². The van der Waals surface area contributed by atoms with Crippen LogP contribution in [-0.2, 0) is 0 Å². The third kappa shape index (κ3) is 1.66. The van der Waals surface area contributed by atoms with Crippen LogP contribution in [0.5, 0.6) is 0 Å². The summed E-state index contributed by atoms with van der Waals surface area (Å²) in [5.74, 6) is -0.502. The highest BCUT2D eigenvalue weighted by Gasteiger charge is 2.11. The minimum Gasteiger partial charge on any atom is -0.403 e. The van der Waals surface area contributed by atoms with Crippen LogP contribution in [0, 0.1) is 5.82 Å². The van der Waals surface area contributed by atoms with Gasteiger partial charge in [0.2, 0.25) is 5.89 Å². The summed E-state index contributed by atoms with van der Waals surface area (Å²) in [5.41, 5.74) is 0.0998. The second-order valence-corrected chi connectivity index (χ2v) is 3.68. The topological polar surface area (TPSA) is 56.0 Å². The van der Waals surface area contributed by atoms with E-state index in [4.69, 9.17) is 4.42 Å². The number of hydrogen-bond acceptors (Lipinski definition) is 4. The van der Waals surface area contributed by atoms with Gasteiger partial charge in [-0.3, -0.25) is 4.98 Å². The van der Waals surface area contributed by atoms with Crippen LogP contribution in [0.2, 0.25) is 0 Å². The van der Waals surface area contributed by atoms with E-state index < -0.39 is 11.4 Å². The van der Waals surface area contributed by atoms with Crippen LogP contribution in [0.1, 0.15) is 0 Å². The Morgan fingerprint density at radius 2 is 2.06 bits per heavy atom. The SMILES string of the molecule is O=c1oc(-c2cccnc2)nc2cccc(F)c12. The van der Waals surface area contributed by atoms with E-state index in [0.29, 0.717) is 5.56 Å². The fraction of sp³-hybridized carbons (Fsp3) is 0. The lowest BCUT2D eigenvalue weighted by Crippen LogP contribution is -2.05. The first-order chi connectivity index (χ1) is 8.75. The summed E-state index contributed by atoms with van der Waals surface area (Å²) < 4.78 is 18.5. The Kier molecular flexibility index (Phi) is 2.37. The summed E-state index contributed by atoms with van der Waals surface area (Å²) in [6, 6.07) is 7.67. The van der Waals surface area contributed by atoms with Crippen molar-refractivity contribution in [2.75, 3.05) is 0 Å². The molecule has 0 N–H and O–H groups in total. The lowest BCUT2D eigenvalue weighted by Gasteiger charge is -2.01. The van der Waals surface area contributed by atoms with Gasteiger partial charge in [0, 0.05) is 12.4 Å². The van der Waals surface area contributed by atoms with Gasteiger partial charge >= 0.3 is 5.63 Å². The second kappa shape index (κ2) is 4.03. The van der Waals surface area contributed by atoms with Crippen molar-refractivity contribution in [3.63, 3.8) is 0 Å². The van der Waals surface area contributed by atoms with Crippen LogP contribution in [-0.4, -0.2) is 9.97 Å². The molecule has 1 aromatic carbocycles. The predicted octanol–water partition coefficient (Wildman–Crippen LogP) is 2.39. The smallest absolute Gasteiger partial charge is 0.350 e. The first-order valence-corrected chi connectivity index (χ1v) is 5.25. The van der Waals surface area contributed by atoms with Gasteiger partial charge in [-0.15, -0.1) is 0 Å². The molecule has 88 valence electrons. The van der Waals surface area contributed by atoms with Crippen LogP contribution >= 0.6 is 0 Å². The van der Waals surface area contributed by atoms with Gasteiger partial charge in [-0.25, -0.2) is 14.2 Å². The Bertz CT molecular complexity index is 769. The molecular weight excluding hydrogens is 235 g/mol. The van der Waals surface area contributed by atoms with E-state index >= 15 is 0 Å². The van der Waals surface area contributed by atoms with Gasteiger partial charge in [-0.2, -0.15) is 0 Å². The molecule has 0 atom stereocenters. The number of rotatable bonds is 1. The maximum atomic E-state index is 13.5. The van der Waals surface area contributed by atoms with Crippen LogP contribution in [0.15, 0.2) is 51.9 Å². The first kappa shape index (κ1) is 10.6. The maximum absolute atomic E-state index is 13.5. The van der Waals surface area contributed by atoms with Crippen LogP contribution < -0.4 is 5.63 Å². The fourth-order valence-corrected chi connectivity index (χ4v) is 1.69. The van der Waals surface area contributed by atoms with Crippen molar-refractivity contribution >= 4 is 10.9 Å². The van der Waals surface area contributed by atoms with E-state index in [1.54, 1.807) is 24.4 Å². The average Bonchev–Trinajstić information content (AvgIpc) is 2.39. The van der Waals surface area contributed by atoms with Crippen molar-refractivity contribution in [2.24, 2.45) is 0 Å². The van der Waals surface area contributed by atoms with Gasteiger partial charge in [0.1, 0.15) is 11.2 Å². The average molecular weight is 242 g/mol. The zero-order valence-electron chi connectivity index (χ0n) is 9.13. The van der Waals surface area contributed by atoms with Crippen LogP contribution in [0.4, 0.5) is 4.39 Å². The number of nitrogens with zero attached hydrogens (tertiary/aromatic N) is 2. The molecule has 0 spiro atoms. The Morgan fingerprint density at radius 3 is 2.83 bits per heavy atom. The van der Waals surface area contributed by atoms with Gasteiger partial charge in [-0.05, 0) is 24.3 Å². The van der Waals surface area contributed by atoms with Gasteiger partial charge in [0.25, 0.3) is 0 Å². The van der Waals surface area contributed by atoms with Gasteiger partial charge in [0.05, 0.1) is 11.1 Å². The zero-order chi connectivity index (χ0) is 12.5. The van der Waals surface area contributed by atoms with Crippen LogP contribution in [0.3, 0.4) is 0 Å². The largest absolute Gasteiger partial charge is 0.403 e. The highest BCUT2D eigenvalue weighted by atomic mass is 19.1. The van der Waals surface area contributed by atoms with Crippen molar-refractivity contribution in [3.8, 4) is 11.5 Å². The lowest BCUT2D eigenvalue weighted by molar-refractivity contribution is 0.513. The molecule has 0 unspecified atom stereocenters. The Balaban J connectivity index is 2.33. The molecule has 2 heterocycles. The number of benzene rings is 1. The van der Waals surface area contributed by atoms with E-state index in [-0.39, 0.29) is 16.8 Å². The molecular formula is C13H7FN2O2. The normalized spacial score (nSPS) is 10.7. The summed E-state index contributed by atoms with van der Waals surface area (Å²) in [6.45, 7) is 0. The summed E-state index contributed by atoms with van der Waals surface area (Å²) in [6.07, 6.45) is 3.12. The molecule has 4 nitrogen and oxygen atoms in total. The Hall–Kier alpha value is -2.56. The van der Waals surface area contributed by atoms with Crippen LogP contribution in [0.25, 0.3) is 22.4 Å². The van der Waals surface area contributed by atoms with Crippen molar-refractivity contribution in [2.45, 2.75) is 0 Å². The van der Waals surface area contributed by atoms with E-state index in [2.05, 4.69) is 9.97 Å². The summed E-state index contributed by atoms with van der Waals surface area (Å²) >= 11 is 0. The number of halogens is 1. The van der Waals surface area contributed by atoms with Crippen molar-refractivity contribution in [1.82, 2.24) is 9.97 Å². The van der Waals surface area contributed by atoms with E-state index in [1.807, 2.05) is 0 Å². The molecule has 3 aromatic rings. The molecule has 0 amide bonds. The highest BCUT2D eigenvalue weighted by Crippen LogP contribution is 2.18. The molecule has 0 aliphatic heterocycles. The van der Waals surface area contributed by atoms with E-state index in [1.165, 1.54) is 18.3 Å². The number of fused-ring (bicyclic) bond motifs is 1. The van der Waals surface area contributed by atoms with E-state index in [9.17, 15) is 9.18 Å². The van der Waals surface area contributed by atoms with Crippen molar-refractivity contribution < 1.29 is 8.81 Å². The Labute approximate surface area is 101 Å². The monoisotopic (exact) mass is 242 g/mol. The molecule has 2 aromatic heterocycles. The molecule has 0 saturated carbocycles. The molecule has 0 bridgehead atoms. The predicted molar refractivity (Wildman–Crippen MR) is 63.5 cm³/mol. The standard InChI is InChI=1S/C13H7FN2O2/c14-9-4-1-5-10-11(9)13(17)18-12(16-10)8-3-2-6-15-7-8/h1-7H. The minimum absolute atomic E-state index is 0.131. The molecule has 0 aliphatic rings. The number of pyridine rings is 1. The quantitative estimate of drug-likeness (QED) is 0.657. The summed E-state index contributed by atoms with van der Waals surface area (Å²) in [4.78, 5) is 19.8.